The topological polar surface area (TPSA) is 83.8 Å². The summed E-state index contributed by atoms with van der Waals surface area (Å²) in [6.07, 6.45) is 5.96. The van der Waals surface area contributed by atoms with E-state index < -0.39 is 17.1 Å². The lowest BCUT2D eigenvalue weighted by Crippen LogP contribution is -2.49. The minimum Gasteiger partial charge on any atom is -0.502 e. The molecule has 0 saturated carbocycles. The minimum absolute atomic E-state index is 0.0601. The van der Waals surface area contributed by atoms with E-state index in [4.69, 9.17) is 4.74 Å². The maximum atomic E-state index is 12.8. The smallest absolute Gasteiger partial charge is 0.278 e. The van der Waals surface area contributed by atoms with Gasteiger partial charge in [0.25, 0.3) is 5.91 Å². The van der Waals surface area contributed by atoms with Crippen molar-refractivity contribution in [3.63, 3.8) is 0 Å². The third-order valence-corrected chi connectivity index (χ3v) is 5.40. The fraction of sp³-hybridized carbons (Fsp3) is 0.200. The Hall–Kier alpha value is -4.00. The van der Waals surface area contributed by atoms with Crippen LogP contribution in [0.25, 0.3) is 0 Å². The summed E-state index contributed by atoms with van der Waals surface area (Å²) < 4.78 is 7.35. The van der Waals surface area contributed by atoms with Crippen LogP contribution in [-0.2, 0) is 6.42 Å². The van der Waals surface area contributed by atoms with Crippen LogP contribution in [0.15, 0.2) is 83.8 Å². The summed E-state index contributed by atoms with van der Waals surface area (Å²) in [6.45, 7) is 2.47. The molecule has 0 bridgehead atoms. The molecule has 0 aliphatic carbocycles. The number of para-hydroxylation sites is 1. The summed E-state index contributed by atoms with van der Waals surface area (Å²) in [5, 5.41) is 10.0. The maximum absolute atomic E-state index is 12.8. The molecule has 1 aliphatic rings. The number of ether oxygens (including phenoxy) is 1. The number of amides is 1. The SMILES string of the molecule is C[C@@H](/C=C/COc1ccccc1Cc1ccccc1)N1CNn2ccc(=O)c(O)c2C1=O. The van der Waals surface area contributed by atoms with Crippen LogP contribution in [0.4, 0.5) is 0 Å². The Kier molecular flexibility index (Phi) is 6.26. The standard InChI is InChI=1S/C25H25N3O4/c1-18(27-17-26-28-14-13-21(29)24(30)23(28)25(27)31)8-7-15-32-22-12-6-5-11-20(22)16-19-9-3-2-4-10-19/h2-14,18,26,30H,15-17H2,1H3/b8-7+/t18-/m0/s1. The van der Waals surface area contributed by atoms with E-state index in [1.54, 1.807) is 0 Å². The number of aromatic nitrogens is 1. The molecular weight excluding hydrogens is 406 g/mol. The van der Waals surface area contributed by atoms with Crippen molar-refractivity contribution in [2.75, 3.05) is 18.7 Å². The quantitative estimate of drug-likeness (QED) is 0.562. The molecule has 32 heavy (non-hydrogen) atoms. The molecule has 2 heterocycles. The van der Waals surface area contributed by atoms with E-state index in [9.17, 15) is 14.7 Å². The Morgan fingerprint density at radius 2 is 1.84 bits per heavy atom. The Morgan fingerprint density at radius 1 is 1.09 bits per heavy atom. The van der Waals surface area contributed by atoms with Crippen LogP contribution in [0.3, 0.4) is 0 Å². The van der Waals surface area contributed by atoms with Gasteiger partial charge in [-0.15, -0.1) is 0 Å². The first-order chi connectivity index (χ1) is 15.5. The van der Waals surface area contributed by atoms with Crippen LogP contribution in [-0.4, -0.2) is 39.9 Å². The second-order valence-electron chi connectivity index (χ2n) is 7.59. The molecule has 1 aromatic heterocycles. The Labute approximate surface area is 186 Å². The summed E-state index contributed by atoms with van der Waals surface area (Å²) in [7, 11) is 0. The fourth-order valence-corrected chi connectivity index (χ4v) is 3.65. The molecule has 2 N–H and O–H groups in total. The van der Waals surface area contributed by atoms with Crippen LogP contribution in [0, 0.1) is 0 Å². The van der Waals surface area contributed by atoms with Gasteiger partial charge in [0.15, 0.2) is 11.4 Å². The lowest BCUT2D eigenvalue weighted by atomic mass is 10.0. The number of carbonyl (C=O) groups excluding carboxylic acids is 1. The Bertz CT molecular complexity index is 1190. The van der Waals surface area contributed by atoms with Crippen molar-refractivity contribution >= 4 is 5.91 Å². The number of aromatic hydroxyl groups is 1. The van der Waals surface area contributed by atoms with Gasteiger partial charge in [-0.1, -0.05) is 54.6 Å². The zero-order chi connectivity index (χ0) is 22.5. The molecule has 4 rings (SSSR count). The molecular formula is C25H25N3O4. The van der Waals surface area contributed by atoms with Gasteiger partial charge < -0.3 is 20.2 Å². The molecule has 0 radical (unpaired) electrons. The number of rotatable bonds is 7. The van der Waals surface area contributed by atoms with Crippen LogP contribution in [0.1, 0.15) is 28.5 Å². The predicted octanol–water partition coefficient (Wildman–Crippen LogP) is 3.13. The molecule has 3 aromatic rings. The van der Waals surface area contributed by atoms with E-state index in [-0.39, 0.29) is 18.4 Å². The summed E-state index contributed by atoms with van der Waals surface area (Å²) in [6, 6.07) is 19.1. The normalized spacial score (nSPS) is 14.2. The monoisotopic (exact) mass is 431 g/mol. The number of hydrogen-bond acceptors (Lipinski definition) is 5. The highest BCUT2D eigenvalue weighted by atomic mass is 16.5. The molecule has 1 atom stereocenters. The van der Waals surface area contributed by atoms with E-state index >= 15 is 0 Å². The van der Waals surface area contributed by atoms with Crippen molar-refractivity contribution in [1.82, 2.24) is 9.58 Å². The number of hydrogen-bond donors (Lipinski definition) is 2. The number of carbonyl (C=O) groups is 1. The highest BCUT2D eigenvalue weighted by Gasteiger charge is 2.30. The van der Waals surface area contributed by atoms with Gasteiger partial charge in [0.05, 0.1) is 0 Å². The second kappa shape index (κ2) is 9.43. The summed E-state index contributed by atoms with van der Waals surface area (Å²) in [5.41, 5.74) is 4.67. The van der Waals surface area contributed by atoms with Crippen molar-refractivity contribution in [2.45, 2.75) is 19.4 Å². The summed E-state index contributed by atoms with van der Waals surface area (Å²) in [4.78, 5) is 26.0. The van der Waals surface area contributed by atoms with Gasteiger partial charge >= 0.3 is 0 Å². The van der Waals surface area contributed by atoms with Crippen LogP contribution in [0.5, 0.6) is 11.5 Å². The third kappa shape index (κ3) is 4.51. The van der Waals surface area contributed by atoms with Crippen molar-refractivity contribution in [3.05, 3.63) is 106 Å². The molecule has 0 spiro atoms. The predicted molar refractivity (Wildman–Crippen MR) is 123 cm³/mol. The molecule has 1 aliphatic heterocycles. The lowest BCUT2D eigenvalue weighted by Gasteiger charge is -2.34. The number of fused-ring (bicyclic) bond motifs is 1. The van der Waals surface area contributed by atoms with Crippen molar-refractivity contribution in [2.24, 2.45) is 0 Å². The molecule has 7 nitrogen and oxygen atoms in total. The van der Waals surface area contributed by atoms with Crippen molar-refractivity contribution in [1.29, 1.82) is 0 Å². The Morgan fingerprint density at radius 3 is 2.66 bits per heavy atom. The molecule has 1 amide bonds. The van der Waals surface area contributed by atoms with Crippen molar-refractivity contribution < 1.29 is 14.6 Å². The zero-order valence-electron chi connectivity index (χ0n) is 17.8. The molecule has 164 valence electrons. The minimum atomic E-state index is -0.584. The van der Waals surface area contributed by atoms with Gasteiger partial charge in [-0.2, -0.15) is 0 Å². The van der Waals surface area contributed by atoms with Gasteiger partial charge in [0.2, 0.25) is 5.43 Å². The number of nitrogens with one attached hydrogen (secondary N) is 1. The Balaban J connectivity index is 1.39. The largest absolute Gasteiger partial charge is 0.502 e. The lowest BCUT2D eigenvalue weighted by molar-refractivity contribution is 0.0689. The first-order valence-corrected chi connectivity index (χ1v) is 10.5. The average Bonchev–Trinajstić information content (AvgIpc) is 2.81. The second-order valence-corrected chi connectivity index (χ2v) is 7.59. The summed E-state index contributed by atoms with van der Waals surface area (Å²) in [5.74, 6) is -0.142. The van der Waals surface area contributed by atoms with E-state index in [0.717, 1.165) is 17.7 Å². The average molecular weight is 431 g/mol. The van der Waals surface area contributed by atoms with Crippen LogP contribution >= 0.6 is 0 Å². The van der Waals surface area contributed by atoms with Gasteiger partial charge in [-0.25, -0.2) is 0 Å². The molecule has 7 heteroatoms. The summed E-state index contributed by atoms with van der Waals surface area (Å²) >= 11 is 0. The molecule has 0 unspecified atom stereocenters. The van der Waals surface area contributed by atoms with Crippen molar-refractivity contribution in [3.8, 4) is 11.5 Å². The van der Waals surface area contributed by atoms with Crippen LogP contribution in [0.2, 0.25) is 0 Å². The zero-order valence-corrected chi connectivity index (χ0v) is 17.8. The van der Waals surface area contributed by atoms with Gasteiger partial charge in [-0.3, -0.25) is 14.3 Å². The maximum Gasteiger partial charge on any atom is 0.278 e. The highest BCUT2D eigenvalue weighted by molar-refractivity contribution is 5.96. The van der Waals surface area contributed by atoms with E-state index in [1.165, 1.54) is 27.4 Å². The number of pyridine rings is 1. The first kappa shape index (κ1) is 21.2. The highest BCUT2D eigenvalue weighted by Crippen LogP contribution is 2.22. The van der Waals surface area contributed by atoms with Gasteiger partial charge in [0.1, 0.15) is 19.0 Å². The van der Waals surface area contributed by atoms with E-state index in [2.05, 4.69) is 23.6 Å². The van der Waals surface area contributed by atoms with Gasteiger partial charge in [0, 0.05) is 24.7 Å². The molecule has 0 fully saturated rings. The first-order valence-electron chi connectivity index (χ1n) is 10.5. The fourth-order valence-electron chi connectivity index (χ4n) is 3.65. The van der Waals surface area contributed by atoms with Gasteiger partial charge in [-0.05, 0) is 30.2 Å². The number of benzene rings is 2. The van der Waals surface area contributed by atoms with E-state index in [1.807, 2.05) is 55.5 Å². The molecule has 0 saturated heterocycles. The van der Waals surface area contributed by atoms with Crippen LogP contribution < -0.4 is 15.6 Å². The third-order valence-electron chi connectivity index (χ3n) is 5.40. The van der Waals surface area contributed by atoms with E-state index in [0.29, 0.717) is 6.61 Å². The number of nitrogens with zero attached hydrogens (tertiary/aromatic N) is 2. The molecule has 2 aromatic carbocycles.